The van der Waals surface area contributed by atoms with Crippen LogP contribution in [-0.4, -0.2) is 73.4 Å². The van der Waals surface area contributed by atoms with Gasteiger partial charge in [0.05, 0.1) is 24.9 Å². The number of aromatic carboxylic acids is 1. The zero-order valence-corrected chi connectivity index (χ0v) is 24.9. The average molecular weight is 597 g/mol. The van der Waals surface area contributed by atoms with Gasteiger partial charge >= 0.3 is 11.9 Å². The SMILES string of the molecule is COCOc1cc(OC)cc(/C=C/C[C@@H]2OC(C)(C)O[C@@H]2C(/C=C\[C@@H]2CCC[C@H]2O)OC(=O)c2ccccc2)c1C(=O)O. The molecule has 1 heterocycles. The molecule has 43 heavy (non-hydrogen) atoms. The Morgan fingerprint density at radius 1 is 1.12 bits per heavy atom. The largest absolute Gasteiger partial charge is 0.497 e. The fourth-order valence-electron chi connectivity index (χ4n) is 5.41. The Morgan fingerprint density at radius 2 is 1.88 bits per heavy atom. The summed E-state index contributed by atoms with van der Waals surface area (Å²) in [5.41, 5.74) is 0.735. The number of methoxy groups -OCH3 is 2. The van der Waals surface area contributed by atoms with Crippen molar-refractivity contribution in [3.63, 3.8) is 0 Å². The van der Waals surface area contributed by atoms with Gasteiger partial charge in [-0.15, -0.1) is 0 Å². The van der Waals surface area contributed by atoms with E-state index in [0.29, 0.717) is 23.3 Å². The molecule has 0 aromatic heterocycles. The molecule has 1 unspecified atom stereocenters. The molecular formula is C33H40O10. The number of carboxylic acid groups (broad SMARTS) is 1. The minimum Gasteiger partial charge on any atom is -0.497 e. The molecule has 10 heteroatoms. The van der Waals surface area contributed by atoms with E-state index < -0.39 is 42.1 Å². The summed E-state index contributed by atoms with van der Waals surface area (Å²) < 4.78 is 34.3. The number of esters is 1. The maximum absolute atomic E-state index is 13.1. The zero-order chi connectivity index (χ0) is 31.0. The molecule has 1 aliphatic carbocycles. The third kappa shape index (κ3) is 8.45. The molecule has 0 spiro atoms. The van der Waals surface area contributed by atoms with Gasteiger partial charge in [-0.25, -0.2) is 9.59 Å². The van der Waals surface area contributed by atoms with E-state index in [2.05, 4.69) is 0 Å². The number of ether oxygens (including phenoxy) is 6. The maximum Gasteiger partial charge on any atom is 0.340 e. The summed E-state index contributed by atoms with van der Waals surface area (Å²) in [6.07, 6.45) is 7.49. The lowest BCUT2D eigenvalue weighted by Gasteiger charge is -2.25. The third-order valence-electron chi connectivity index (χ3n) is 7.43. The number of rotatable bonds is 13. The first-order valence-electron chi connectivity index (χ1n) is 14.3. The summed E-state index contributed by atoms with van der Waals surface area (Å²) in [6.45, 7) is 3.44. The summed E-state index contributed by atoms with van der Waals surface area (Å²) in [5.74, 6) is -2.15. The quantitative estimate of drug-likeness (QED) is 0.180. The molecule has 10 nitrogen and oxygen atoms in total. The first kappa shape index (κ1) is 32.2. The molecular weight excluding hydrogens is 556 g/mol. The molecule has 4 rings (SSSR count). The van der Waals surface area contributed by atoms with Crippen LogP contribution in [0.5, 0.6) is 11.5 Å². The topological polar surface area (TPSA) is 130 Å². The van der Waals surface area contributed by atoms with Gasteiger partial charge in [-0.05, 0) is 62.9 Å². The lowest BCUT2D eigenvalue weighted by atomic mass is 9.99. The highest BCUT2D eigenvalue weighted by Gasteiger charge is 2.45. The van der Waals surface area contributed by atoms with Crippen LogP contribution >= 0.6 is 0 Å². The molecule has 5 atom stereocenters. The monoisotopic (exact) mass is 596 g/mol. The van der Waals surface area contributed by atoms with E-state index >= 15 is 0 Å². The second kappa shape index (κ2) is 14.7. The van der Waals surface area contributed by atoms with Gasteiger partial charge in [-0.1, -0.05) is 42.8 Å². The predicted octanol–water partition coefficient (Wildman–Crippen LogP) is 5.24. The van der Waals surface area contributed by atoms with Crippen LogP contribution in [0.25, 0.3) is 6.08 Å². The molecule has 0 amide bonds. The highest BCUT2D eigenvalue weighted by molar-refractivity contribution is 5.95. The molecule has 232 valence electrons. The first-order chi connectivity index (χ1) is 20.6. The van der Waals surface area contributed by atoms with Crippen molar-refractivity contribution in [2.24, 2.45) is 5.92 Å². The van der Waals surface area contributed by atoms with Crippen molar-refractivity contribution in [1.29, 1.82) is 0 Å². The molecule has 2 aromatic carbocycles. The van der Waals surface area contributed by atoms with E-state index in [0.717, 1.165) is 19.3 Å². The number of carboxylic acids is 1. The molecule has 0 radical (unpaired) electrons. The Morgan fingerprint density at radius 3 is 2.53 bits per heavy atom. The fraction of sp³-hybridized carbons (Fsp3) is 0.455. The normalized spacial score (nSPS) is 23.9. The van der Waals surface area contributed by atoms with Crippen LogP contribution < -0.4 is 9.47 Å². The van der Waals surface area contributed by atoms with Crippen LogP contribution in [0.4, 0.5) is 0 Å². The van der Waals surface area contributed by atoms with Crippen molar-refractivity contribution in [1.82, 2.24) is 0 Å². The summed E-state index contributed by atoms with van der Waals surface area (Å²) in [6, 6.07) is 11.8. The first-order valence-corrected chi connectivity index (χ1v) is 14.3. The number of carbonyl (C=O) groups excluding carboxylic acids is 1. The van der Waals surface area contributed by atoms with Crippen molar-refractivity contribution >= 4 is 18.0 Å². The van der Waals surface area contributed by atoms with E-state index in [-0.39, 0.29) is 24.0 Å². The summed E-state index contributed by atoms with van der Waals surface area (Å²) in [4.78, 5) is 25.3. The molecule has 2 aromatic rings. The lowest BCUT2D eigenvalue weighted by molar-refractivity contribution is -0.152. The number of hydrogen-bond acceptors (Lipinski definition) is 9. The van der Waals surface area contributed by atoms with Crippen LogP contribution in [0.3, 0.4) is 0 Å². The Bertz CT molecular complexity index is 1300. The van der Waals surface area contributed by atoms with Crippen molar-refractivity contribution < 1.29 is 48.2 Å². The number of benzene rings is 2. The molecule has 2 fully saturated rings. The van der Waals surface area contributed by atoms with Crippen LogP contribution in [-0.2, 0) is 18.9 Å². The standard InChI is InChI=1S/C33H40O10/c1-33(2)42-27(15-9-13-23-18-24(39-4)19-28(40-20-38-3)29(23)31(35)36)30(43-33)26(17-16-21-12-8-14-25(21)34)41-32(37)22-10-6-5-7-11-22/h5-7,9-11,13,16-19,21,25-27,30,34H,8,12,14-15,20H2,1-4H3,(H,35,36)/b13-9+,17-16-/t21-,25+,26?,27-,30+/m0/s1. The van der Waals surface area contributed by atoms with E-state index in [9.17, 15) is 19.8 Å². The van der Waals surface area contributed by atoms with Crippen molar-refractivity contribution in [2.45, 2.75) is 69.7 Å². The maximum atomic E-state index is 13.1. The van der Waals surface area contributed by atoms with Gasteiger partial charge in [0.1, 0.15) is 29.3 Å². The third-order valence-corrected chi connectivity index (χ3v) is 7.43. The second-order valence-electron chi connectivity index (χ2n) is 11.0. The summed E-state index contributed by atoms with van der Waals surface area (Å²) in [5, 5.41) is 20.3. The Kier molecular flexibility index (Phi) is 11.0. The molecule has 1 saturated carbocycles. The second-order valence-corrected chi connectivity index (χ2v) is 11.0. The lowest BCUT2D eigenvalue weighted by Crippen LogP contribution is -2.37. The molecule has 2 aliphatic rings. The molecule has 2 N–H and O–H groups in total. The zero-order valence-electron chi connectivity index (χ0n) is 24.9. The van der Waals surface area contributed by atoms with Crippen LogP contribution in [0.2, 0.25) is 0 Å². The minimum atomic E-state index is -1.17. The van der Waals surface area contributed by atoms with Gasteiger partial charge in [0.15, 0.2) is 12.6 Å². The number of aliphatic hydroxyl groups is 1. The molecule has 1 aliphatic heterocycles. The van der Waals surface area contributed by atoms with Crippen LogP contribution in [0.15, 0.2) is 60.7 Å². The predicted molar refractivity (Wildman–Crippen MR) is 158 cm³/mol. The number of aliphatic hydroxyl groups excluding tert-OH is 1. The van der Waals surface area contributed by atoms with Gasteiger partial charge in [0.25, 0.3) is 0 Å². The van der Waals surface area contributed by atoms with Gasteiger partial charge in [-0.2, -0.15) is 0 Å². The van der Waals surface area contributed by atoms with Crippen molar-refractivity contribution in [3.8, 4) is 11.5 Å². The van der Waals surface area contributed by atoms with E-state index in [4.69, 9.17) is 28.4 Å². The van der Waals surface area contributed by atoms with E-state index in [1.165, 1.54) is 20.3 Å². The van der Waals surface area contributed by atoms with E-state index in [1.54, 1.807) is 62.4 Å². The van der Waals surface area contributed by atoms with E-state index in [1.807, 2.05) is 12.1 Å². The Hall–Kier alpha value is -3.70. The van der Waals surface area contributed by atoms with Gasteiger partial charge in [0.2, 0.25) is 0 Å². The average Bonchev–Trinajstić information content (AvgIpc) is 3.54. The smallest absolute Gasteiger partial charge is 0.340 e. The minimum absolute atomic E-state index is 0.0383. The fourth-order valence-corrected chi connectivity index (χ4v) is 5.41. The Balaban J connectivity index is 1.60. The van der Waals surface area contributed by atoms with Crippen molar-refractivity contribution in [2.75, 3.05) is 21.0 Å². The molecule has 0 bridgehead atoms. The highest BCUT2D eigenvalue weighted by atomic mass is 16.8. The number of carbonyl (C=O) groups is 2. The molecule has 1 saturated heterocycles. The number of hydrogen-bond donors (Lipinski definition) is 2. The van der Waals surface area contributed by atoms with Crippen LogP contribution in [0.1, 0.15) is 65.8 Å². The highest BCUT2D eigenvalue weighted by Crippen LogP contribution is 2.36. The van der Waals surface area contributed by atoms with Gasteiger partial charge < -0.3 is 38.6 Å². The van der Waals surface area contributed by atoms with Gasteiger partial charge in [0, 0.05) is 19.1 Å². The summed E-state index contributed by atoms with van der Waals surface area (Å²) in [7, 11) is 2.92. The van der Waals surface area contributed by atoms with Crippen LogP contribution in [0, 0.1) is 5.92 Å². The Labute approximate surface area is 251 Å². The van der Waals surface area contributed by atoms with Gasteiger partial charge in [-0.3, -0.25) is 0 Å². The van der Waals surface area contributed by atoms with Crippen molar-refractivity contribution in [3.05, 3.63) is 77.4 Å². The summed E-state index contributed by atoms with van der Waals surface area (Å²) >= 11 is 0.